The normalized spacial score (nSPS) is 22.7. The van der Waals surface area contributed by atoms with Gasteiger partial charge in [-0.05, 0) is 63.6 Å². The third-order valence-corrected chi connectivity index (χ3v) is 6.88. The molecule has 0 atom stereocenters. The summed E-state index contributed by atoms with van der Waals surface area (Å²) in [5.41, 5.74) is 2.10. The number of amides is 1. The maximum atomic E-state index is 11.9. The van der Waals surface area contributed by atoms with Gasteiger partial charge in [0.25, 0.3) is 0 Å². The number of carbonyl (C=O) groups excluding carboxylic acids is 1. The first kappa shape index (κ1) is 22.1. The second-order valence-electron chi connectivity index (χ2n) is 9.15. The Bertz CT molecular complexity index is 852. The minimum Gasteiger partial charge on any atom is -0.384 e. The van der Waals surface area contributed by atoms with Crippen LogP contribution in [0.25, 0.3) is 11.0 Å². The summed E-state index contributed by atoms with van der Waals surface area (Å²) in [6, 6.07) is 6.60. The van der Waals surface area contributed by atoms with Crippen LogP contribution in [0.4, 0.5) is 5.82 Å². The molecule has 1 amide bonds. The summed E-state index contributed by atoms with van der Waals surface area (Å²) in [7, 11) is 1.63. The lowest BCUT2D eigenvalue weighted by molar-refractivity contribution is -0.122. The standard InChI is InChI=1S/C24H36N4O3/c1-18-3-8-22-21(17-18)24(26-31-22)28-14-12-27(13-15-28)11-9-19-4-6-20(7-5-19)25-23(29)10-16-30-2/h3,8,17,19-20H,4-7,9-16H2,1-2H3,(H,25,29)/t19-,20-. The predicted molar refractivity (Wildman–Crippen MR) is 122 cm³/mol. The first-order valence-electron chi connectivity index (χ1n) is 11.7. The van der Waals surface area contributed by atoms with Gasteiger partial charge < -0.3 is 19.5 Å². The van der Waals surface area contributed by atoms with E-state index in [9.17, 15) is 4.79 Å². The second kappa shape index (κ2) is 10.5. The van der Waals surface area contributed by atoms with Crippen molar-refractivity contribution in [3.63, 3.8) is 0 Å². The minimum atomic E-state index is 0.123. The molecule has 1 saturated carbocycles. The molecule has 2 aliphatic rings. The Morgan fingerprint density at radius 3 is 2.71 bits per heavy atom. The van der Waals surface area contributed by atoms with Crippen LogP contribution in [0, 0.1) is 12.8 Å². The molecule has 1 aromatic heterocycles. The Labute approximate surface area is 185 Å². The van der Waals surface area contributed by atoms with E-state index in [-0.39, 0.29) is 5.91 Å². The monoisotopic (exact) mass is 428 g/mol. The SMILES string of the molecule is COCCC(=O)N[C@H]1CC[C@H](CCN2CCN(c3noc4ccc(C)cc34)CC2)CC1. The largest absolute Gasteiger partial charge is 0.384 e. The number of nitrogens with one attached hydrogen (secondary N) is 1. The fourth-order valence-corrected chi connectivity index (χ4v) is 4.91. The molecule has 2 heterocycles. The van der Waals surface area contributed by atoms with Crippen molar-refractivity contribution in [2.45, 2.75) is 51.5 Å². The number of fused-ring (bicyclic) bond motifs is 1. The number of aromatic nitrogens is 1. The van der Waals surface area contributed by atoms with Crippen LogP contribution >= 0.6 is 0 Å². The number of methoxy groups -OCH3 is 1. The molecule has 170 valence electrons. The van der Waals surface area contributed by atoms with Crippen molar-refractivity contribution in [1.82, 2.24) is 15.4 Å². The van der Waals surface area contributed by atoms with Gasteiger partial charge >= 0.3 is 0 Å². The molecule has 0 spiro atoms. The van der Waals surface area contributed by atoms with E-state index in [1.54, 1.807) is 7.11 Å². The summed E-state index contributed by atoms with van der Waals surface area (Å²) >= 11 is 0. The summed E-state index contributed by atoms with van der Waals surface area (Å²) in [6.07, 6.45) is 6.38. The smallest absolute Gasteiger partial charge is 0.222 e. The van der Waals surface area contributed by atoms with Gasteiger partial charge in [-0.15, -0.1) is 0 Å². The van der Waals surface area contributed by atoms with Crippen molar-refractivity contribution in [2.75, 3.05) is 51.3 Å². The van der Waals surface area contributed by atoms with Gasteiger partial charge in [0.1, 0.15) is 0 Å². The number of anilines is 1. The van der Waals surface area contributed by atoms with Crippen LogP contribution in [0.5, 0.6) is 0 Å². The Kier molecular flexibility index (Phi) is 7.45. The zero-order valence-corrected chi connectivity index (χ0v) is 18.9. The molecule has 2 aromatic rings. The van der Waals surface area contributed by atoms with Gasteiger partial charge in [-0.1, -0.05) is 16.8 Å². The van der Waals surface area contributed by atoms with Gasteiger partial charge in [-0.3, -0.25) is 9.69 Å². The molecule has 1 aromatic carbocycles. The Hall–Kier alpha value is -2.12. The highest BCUT2D eigenvalue weighted by Gasteiger charge is 2.25. The Balaban J connectivity index is 1.17. The fourth-order valence-electron chi connectivity index (χ4n) is 4.91. The summed E-state index contributed by atoms with van der Waals surface area (Å²) in [5, 5.41) is 8.63. The van der Waals surface area contributed by atoms with Gasteiger partial charge in [0, 0.05) is 45.8 Å². The quantitative estimate of drug-likeness (QED) is 0.695. The number of carbonyl (C=O) groups is 1. The van der Waals surface area contributed by atoms with E-state index in [1.807, 2.05) is 6.07 Å². The van der Waals surface area contributed by atoms with E-state index < -0.39 is 0 Å². The average Bonchev–Trinajstić information content (AvgIpc) is 3.20. The molecule has 1 aliphatic heterocycles. The summed E-state index contributed by atoms with van der Waals surface area (Å²) < 4.78 is 10.5. The van der Waals surface area contributed by atoms with Crippen LogP contribution in [0.2, 0.25) is 0 Å². The van der Waals surface area contributed by atoms with Crippen molar-refractivity contribution in [2.24, 2.45) is 5.92 Å². The lowest BCUT2D eigenvalue weighted by atomic mass is 9.84. The fraction of sp³-hybridized carbons (Fsp3) is 0.667. The highest BCUT2D eigenvalue weighted by molar-refractivity contribution is 5.89. The van der Waals surface area contributed by atoms with Crippen LogP contribution in [-0.4, -0.2) is 68.4 Å². The molecule has 1 saturated heterocycles. The van der Waals surface area contributed by atoms with Crippen LogP contribution in [0.3, 0.4) is 0 Å². The Morgan fingerprint density at radius 1 is 1.19 bits per heavy atom. The van der Waals surface area contributed by atoms with E-state index in [1.165, 1.54) is 31.4 Å². The van der Waals surface area contributed by atoms with Gasteiger partial charge in [-0.25, -0.2) is 0 Å². The van der Waals surface area contributed by atoms with Crippen LogP contribution in [0.1, 0.15) is 44.1 Å². The van der Waals surface area contributed by atoms with E-state index in [2.05, 4.69) is 39.3 Å². The molecule has 1 aliphatic carbocycles. The number of benzene rings is 1. The molecule has 2 fully saturated rings. The first-order valence-corrected chi connectivity index (χ1v) is 11.7. The van der Waals surface area contributed by atoms with Gasteiger partial charge in [-0.2, -0.15) is 0 Å². The van der Waals surface area contributed by atoms with E-state index in [0.29, 0.717) is 19.1 Å². The number of piperazine rings is 1. The lowest BCUT2D eigenvalue weighted by Crippen LogP contribution is -2.47. The third kappa shape index (κ3) is 5.77. The zero-order valence-electron chi connectivity index (χ0n) is 18.9. The molecule has 0 radical (unpaired) electrons. The number of hydrogen-bond acceptors (Lipinski definition) is 6. The molecular formula is C24H36N4O3. The topological polar surface area (TPSA) is 70.8 Å². The van der Waals surface area contributed by atoms with Crippen LogP contribution < -0.4 is 10.2 Å². The van der Waals surface area contributed by atoms with Crippen molar-refractivity contribution < 1.29 is 14.1 Å². The Morgan fingerprint density at radius 2 is 1.97 bits per heavy atom. The highest BCUT2D eigenvalue weighted by atomic mass is 16.5. The zero-order chi connectivity index (χ0) is 21.6. The predicted octanol–water partition coefficient (Wildman–Crippen LogP) is 3.36. The van der Waals surface area contributed by atoms with Gasteiger partial charge in [0.2, 0.25) is 5.91 Å². The number of nitrogens with zero attached hydrogens (tertiary/aromatic N) is 3. The van der Waals surface area contributed by atoms with Crippen LogP contribution in [-0.2, 0) is 9.53 Å². The summed E-state index contributed by atoms with van der Waals surface area (Å²) in [6.45, 7) is 7.92. The van der Waals surface area contributed by atoms with Crippen LogP contribution in [0.15, 0.2) is 22.7 Å². The molecule has 1 N–H and O–H groups in total. The highest BCUT2D eigenvalue weighted by Crippen LogP contribution is 2.29. The second-order valence-corrected chi connectivity index (χ2v) is 9.15. The van der Waals surface area contributed by atoms with Crippen molar-refractivity contribution in [3.8, 4) is 0 Å². The van der Waals surface area contributed by atoms with Crippen molar-refractivity contribution >= 4 is 22.7 Å². The minimum absolute atomic E-state index is 0.123. The molecular weight excluding hydrogens is 392 g/mol. The van der Waals surface area contributed by atoms with E-state index >= 15 is 0 Å². The summed E-state index contributed by atoms with van der Waals surface area (Å²) in [4.78, 5) is 16.8. The molecule has 7 nitrogen and oxygen atoms in total. The molecule has 4 rings (SSSR count). The average molecular weight is 429 g/mol. The maximum Gasteiger partial charge on any atom is 0.222 e. The first-order chi connectivity index (χ1) is 15.1. The van der Waals surface area contributed by atoms with Crippen molar-refractivity contribution in [3.05, 3.63) is 23.8 Å². The molecule has 0 bridgehead atoms. The number of ether oxygens (including phenoxy) is 1. The summed E-state index contributed by atoms with van der Waals surface area (Å²) in [5.74, 6) is 1.90. The van der Waals surface area contributed by atoms with Gasteiger partial charge in [0.15, 0.2) is 11.4 Å². The van der Waals surface area contributed by atoms with E-state index in [0.717, 1.165) is 61.7 Å². The molecule has 31 heavy (non-hydrogen) atoms. The number of rotatable bonds is 8. The van der Waals surface area contributed by atoms with E-state index in [4.69, 9.17) is 9.26 Å². The maximum absolute atomic E-state index is 11.9. The number of aryl methyl sites for hydroxylation is 1. The lowest BCUT2D eigenvalue weighted by Gasteiger charge is -2.36. The number of hydrogen-bond donors (Lipinski definition) is 1. The van der Waals surface area contributed by atoms with Gasteiger partial charge in [0.05, 0.1) is 12.0 Å². The third-order valence-electron chi connectivity index (χ3n) is 6.88. The molecule has 0 unspecified atom stereocenters. The van der Waals surface area contributed by atoms with Crippen molar-refractivity contribution in [1.29, 1.82) is 0 Å². The molecule has 7 heteroatoms.